The molecule has 0 aliphatic heterocycles. The van der Waals surface area contributed by atoms with E-state index in [1.807, 2.05) is 44.2 Å². The first-order valence-electron chi connectivity index (χ1n) is 12.2. The molecule has 2 aromatic carbocycles. The van der Waals surface area contributed by atoms with Crippen molar-refractivity contribution < 1.29 is 29.0 Å². The number of nitrogens with one attached hydrogen (secondary N) is 3. The SMILES string of the molecule is CC[C@H](C)[C@H](NCc1ccccc1)C(=O)NC(=O)[C@H](Cc1ccc(O)cc1)NC(=O)[C@@H](N)CC(=O)OC. The van der Waals surface area contributed by atoms with Crippen molar-refractivity contribution in [3.63, 3.8) is 0 Å². The Bertz CT molecular complexity index is 1040. The lowest BCUT2D eigenvalue weighted by Gasteiger charge is -2.25. The molecule has 10 heteroatoms. The van der Waals surface area contributed by atoms with E-state index in [-0.39, 0.29) is 24.5 Å². The van der Waals surface area contributed by atoms with Crippen LogP contribution in [0.3, 0.4) is 0 Å². The smallest absolute Gasteiger partial charge is 0.307 e. The van der Waals surface area contributed by atoms with Crippen LogP contribution >= 0.6 is 0 Å². The number of amides is 3. The molecule has 2 aromatic rings. The monoisotopic (exact) mass is 512 g/mol. The summed E-state index contributed by atoms with van der Waals surface area (Å²) in [4.78, 5) is 50.5. The molecule has 0 aliphatic carbocycles. The Morgan fingerprint density at radius 3 is 2.19 bits per heavy atom. The van der Waals surface area contributed by atoms with Crippen molar-refractivity contribution in [3.8, 4) is 5.75 Å². The van der Waals surface area contributed by atoms with Gasteiger partial charge in [0.05, 0.1) is 25.6 Å². The highest BCUT2D eigenvalue weighted by atomic mass is 16.5. The third kappa shape index (κ3) is 9.66. The number of esters is 1. The molecule has 2 rings (SSSR count). The average Bonchev–Trinajstić information content (AvgIpc) is 2.89. The standard InChI is InChI=1S/C27H36N4O6/c1-4-17(2)24(29-16-19-8-6-5-7-9-19)27(36)31-26(35)22(14-18-10-12-20(32)13-11-18)30-25(34)21(28)15-23(33)37-3/h5-13,17,21-22,24,29,32H,4,14-16,28H2,1-3H3,(H,30,34)(H,31,35,36)/t17-,21-,22-,24-/m0/s1. The average molecular weight is 513 g/mol. The molecule has 0 saturated carbocycles. The van der Waals surface area contributed by atoms with Crippen molar-refractivity contribution in [3.05, 3.63) is 65.7 Å². The molecule has 0 aromatic heterocycles. The summed E-state index contributed by atoms with van der Waals surface area (Å²) in [7, 11) is 1.18. The predicted octanol–water partition coefficient (Wildman–Crippen LogP) is 1.16. The van der Waals surface area contributed by atoms with Gasteiger partial charge in [-0.05, 0) is 29.2 Å². The number of phenolic OH excluding ortho intramolecular Hbond substituents is 1. The van der Waals surface area contributed by atoms with Gasteiger partial charge in [0.15, 0.2) is 0 Å². The molecule has 0 heterocycles. The molecule has 0 radical (unpaired) electrons. The zero-order valence-corrected chi connectivity index (χ0v) is 21.4. The Balaban J connectivity index is 2.16. The zero-order chi connectivity index (χ0) is 27.4. The van der Waals surface area contributed by atoms with Crippen LogP contribution in [0.5, 0.6) is 5.75 Å². The molecule has 0 unspecified atom stereocenters. The maximum atomic E-state index is 13.2. The van der Waals surface area contributed by atoms with Gasteiger partial charge in [0.2, 0.25) is 17.7 Å². The van der Waals surface area contributed by atoms with E-state index in [4.69, 9.17) is 5.73 Å². The van der Waals surface area contributed by atoms with Gasteiger partial charge in [-0.15, -0.1) is 0 Å². The Hall–Kier alpha value is -3.76. The maximum Gasteiger partial charge on any atom is 0.307 e. The molecule has 3 amide bonds. The van der Waals surface area contributed by atoms with E-state index in [2.05, 4.69) is 20.7 Å². The van der Waals surface area contributed by atoms with E-state index in [0.29, 0.717) is 18.5 Å². The number of benzene rings is 2. The Morgan fingerprint density at radius 2 is 1.59 bits per heavy atom. The van der Waals surface area contributed by atoms with Crippen molar-refractivity contribution in [2.75, 3.05) is 7.11 Å². The van der Waals surface area contributed by atoms with Gasteiger partial charge in [-0.25, -0.2) is 0 Å². The fraction of sp³-hybridized carbons (Fsp3) is 0.407. The lowest BCUT2D eigenvalue weighted by atomic mass is 9.97. The Kier molecular flexibility index (Phi) is 11.7. The summed E-state index contributed by atoms with van der Waals surface area (Å²) in [6.07, 6.45) is 0.361. The third-order valence-electron chi connectivity index (χ3n) is 6.07. The first-order chi connectivity index (χ1) is 17.6. The van der Waals surface area contributed by atoms with Crippen LogP contribution in [-0.4, -0.2) is 54.0 Å². The second kappa shape index (κ2) is 14.7. The van der Waals surface area contributed by atoms with Gasteiger partial charge in [-0.2, -0.15) is 0 Å². The summed E-state index contributed by atoms with van der Waals surface area (Å²) in [6.45, 7) is 4.30. The van der Waals surface area contributed by atoms with Crippen LogP contribution in [0, 0.1) is 5.92 Å². The van der Waals surface area contributed by atoms with Gasteiger partial charge in [0, 0.05) is 13.0 Å². The molecule has 37 heavy (non-hydrogen) atoms. The fourth-order valence-corrected chi connectivity index (χ4v) is 3.61. The number of imide groups is 1. The molecule has 4 atom stereocenters. The second-order valence-electron chi connectivity index (χ2n) is 8.90. The van der Waals surface area contributed by atoms with Crippen LogP contribution in [0.15, 0.2) is 54.6 Å². The number of carbonyl (C=O) groups excluding carboxylic acids is 4. The van der Waals surface area contributed by atoms with Gasteiger partial charge in [-0.3, -0.25) is 24.5 Å². The van der Waals surface area contributed by atoms with Crippen molar-refractivity contribution in [2.24, 2.45) is 11.7 Å². The molecule has 0 aliphatic rings. The minimum absolute atomic E-state index is 0.0293. The number of methoxy groups -OCH3 is 1. The Labute approximate surface area is 217 Å². The van der Waals surface area contributed by atoms with E-state index in [1.165, 1.54) is 19.2 Å². The number of carbonyl (C=O) groups is 4. The molecule has 0 saturated heterocycles. The number of rotatable bonds is 13. The number of ether oxygens (including phenoxy) is 1. The molecular formula is C27H36N4O6. The van der Waals surface area contributed by atoms with Gasteiger partial charge in [-0.1, -0.05) is 62.7 Å². The van der Waals surface area contributed by atoms with E-state index < -0.39 is 41.8 Å². The largest absolute Gasteiger partial charge is 0.508 e. The number of aromatic hydroxyl groups is 1. The highest BCUT2D eigenvalue weighted by molar-refractivity contribution is 6.01. The normalized spacial score (nSPS) is 14.1. The van der Waals surface area contributed by atoms with Crippen LogP contribution in [0.25, 0.3) is 0 Å². The van der Waals surface area contributed by atoms with E-state index in [9.17, 15) is 24.3 Å². The van der Waals surface area contributed by atoms with E-state index in [0.717, 1.165) is 5.56 Å². The topological polar surface area (TPSA) is 160 Å². The van der Waals surface area contributed by atoms with Crippen LogP contribution in [0.4, 0.5) is 0 Å². The summed E-state index contributed by atoms with van der Waals surface area (Å²) in [5, 5.41) is 17.7. The minimum Gasteiger partial charge on any atom is -0.508 e. The molecule has 10 nitrogen and oxygen atoms in total. The number of hydrogen-bond acceptors (Lipinski definition) is 8. The van der Waals surface area contributed by atoms with Crippen LogP contribution < -0.4 is 21.7 Å². The van der Waals surface area contributed by atoms with Crippen molar-refractivity contribution in [1.82, 2.24) is 16.0 Å². The number of nitrogens with two attached hydrogens (primary N) is 1. The van der Waals surface area contributed by atoms with E-state index >= 15 is 0 Å². The quantitative estimate of drug-likeness (QED) is 0.250. The molecular weight excluding hydrogens is 476 g/mol. The molecule has 6 N–H and O–H groups in total. The van der Waals surface area contributed by atoms with Gasteiger partial charge >= 0.3 is 5.97 Å². The summed E-state index contributed by atoms with van der Waals surface area (Å²) in [6, 6.07) is 12.6. The van der Waals surface area contributed by atoms with Gasteiger partial charge < -0.3 is 26.2 Å². The second-order valence-corrected chi connectivity index (χ2v) is 8.90. The van der Waals surface area contributed by atoms with Gasteiger partial charge in [0.1, 0.15) is 11.8 Å². The van der Waals surface area contributed by atoms with Crippen LogP contribution in [-0.2, 0) is 36.9 Å². The predicted molar refractivity (Wildman–Crippen MR) is 138 cm³/mol. The molecule has 200 valence electrons. The molecule has 0 bridgehead atoms. The summed E-state index contributed by atoms with van der Waals surface area (Å²) >= 11 is 0. The van der Waals surface area contributed by atoms with Crippen LogP contribution in [0.2, 0.25) is 0 Å². The number of hydrogen-bond donors (Lipinski definition) is 5. The summed E-state index contributed by atoms with van der Waals surface area (Å²) in [5.74, 6) is -2.67. The highest BCUT2D eigenvalue weighted by Crippen LogP contribution is 2.13. The van der Waals surface area contributed by atoms with Crippen molar-refractivity contribution in [2.45, 2.75) is 57.8 Å². The molecule has 0 fully saturated rings. The Morgan fingerprint density at radius 1 is 0.946 bits per heavy atom. The van der Waals surface area contributed by atoms with Crippen LogP contribution in [0.1, 0.15) is 37.8 Å². The lowest BCUT2D eigenvalue weighted by Crippen LogP contribution is -2.57. The minimum atomic E-state index is -1.24. The zero-order valence-electron chi connectivity index (χ0n) is 21.4. The van der Waals surface area contributed by atoms with Crippen molar-refractivity contribution in [1.29, 1.82) is 0 Å². The number of phenols is 1. The first kappa shape index (κ1) is 29.5. The first-order valence-corrected chi connectivity index (χ1v) is 12.2. The van der Waals surface area contributed by atoms with Crippen molar-refractivity contribution >= 4 is 23.7 Å². The third-order valence-corrected chi connectivity index (χ3v) is 6.07. The summed E-state index contributed by atoms with van der Waals surface area (Å²) in [5.41, 5.74) is 7.43. The van der Waals surface area contributed by atoms with E-state index in [1.54, 1.807) is 12.1 Å². The highest BCUT2D eigenvalue weighted by Gasteiger charge is 2.30. The lowest BCUT2D eigenvalue weighted by molar-refractivity contribution is -0.142. The summed E-state index contributed by atoms with van der Waals surface area (Å²) < 4.78 is 4.54. The fourth-order valence-electron chi connectivity index (χ4n) is 3.61. The van der Waals surface area contributed by atoms with Gasteiger partial charge in [0.25, 0.3) is 0 Å². The maximum absolute atomic E-state index is 13.2. The molecule has 0 spiro atoms.